The minimum atomic E-state index is -0.0609. The summed E-state index contributed by atoms with van der Waals surface area (Å²) in [6, 6.07) is 6.79. The van der Waals surface area contributed by atoms with E-state index in [1.54, 1.807) is 43.3 Å². The average molecular weight is 253 g/mol. The van der Waals surface area contributed by atoms with Gasteiger partial charge in [0.2, 0.25) is 0 Å². The van der Waals surface area contributed by atoms with Gasteiger partial charge in [0.25, 0.3) is 5.17 Å². The van der Waals surface area contributed by atoms with Gasteiger partial charge in [-0.3, -0.25) is 4.79 Å². The molecule has 0 atom stereocenters. The zero-order valence-corrected chi connectivity index (χ0v) is 10.9. The summed E-state index contributed by atoms with van der Waals surface area (Å²) in [6.07, 6.45) is 0. The van der Waals surface area contributed by atoms with Gasteiger partial charge in [0.1, 0.15) is 12.4 Å². The van der Waals surface area contributed by atoms with Gasteiger partial charge in [-0.25, -0.2) is 0 Å². The molecule has 0 radical (unpaired) electrons. The number of Topliss-reactive ketones (excluding diaryl/α,β-unsaturated/α-hetero) is 1. The second-order valence-electron chi connectivity index (χ2n) is 3.64. The van der Waals surface area contributed by atoms with Crippen molar-refractivity contribution in [1.82, 2.24) is 4.90 Å². The van der Waals surface area contributed by atoms with Crippen molar-refractivity contribution in [3.8, 4) is 5.75 Å². The van der Waals surface area contributed by atoms with Gasteiger partial charge in [0.05, 0.1) is 0 Å². The molecule has 0 saturated carbocycles. The van der Waals surface area contributed by atoms with Crippen LogP contribution in [0, 0.1) is 0 Å². The Bertz CT molecular complexity index is 401. The number of rotatable bonds is 4. The quantitative estimate of drug-likeness (QED) is 0.603. The third-order valence-corrected chi connectivity index (χ3v) is 2.47. The van der Waals surface area contributed by atoms with E-state index in [2.05, 4.69) is 0 Å². The molecular formula is C12H15NO3S. The predicted octanol–water partition coefficient (Wildman–Crippen LogP) is 1.74. The maximum absolute atomic E-state index is 11.5. The van der Waals surface area contributed by atoms with Crippen LogP contribution >= 0.6 is 12.2 Å². The lowest BCUT2D eigenvalue weighted by Gasteiger charge is -2.14. The summed E-state index contributed by atoms with van der Waals surface area (Å²) in [5, 5.41) is 0.376. The zero-order valence-electron chi connectivity index (χ0n) is 10.1. The van der Waals surface area contributed by atoms with Crippen LogP contribution in [-0.2, 0) is 4.74 Å². The van der Waals surface area contributed by atoms with Gasteiger partial charge in [-0.1, -0.05) is 0 Å². The summed E-state index contributed by atoms with van der Waals surface area (Å²) in [6.45, 7) is 0.0797. The number of thiocarbonyl (C=S) groups is 1. The van der Waals surface area contributed by atoms with Crippen LogP contribution in [0.25, 0.3) is 0 Å². The number of nitrogens with zero attached hydrogens (tertiary/aromatic N) is 1. The van der Waals surface area contributed by atoms with Gasteiger partial charge in [-0.05, 0) is 36.5 Å². The van der Waals surface area contributed by atoms with Gasteiger partial charge in [-0.2, -0.15) is 0 Å². The highest BCUT2D eigenvalue weighted by Crippen LogP contribution is 2.13. The van der Waals surface area contributed by atoms with Crippen LogP contribution in [-0.4, -0.2) is 43.7 Å². The molecule has 0 saturated heterocycles. The Morgan fingerprint density at radius 3 is 2.35 bits per heavy atom. The monoisotopic (exact) mass is 253 g/mol. The number of carbonyl (C=O) groups excluding carboxylic acids is 1. The van der Waals surface area contributed by atoms with Crippen molar-refractivity contribution in [2.45, 2.75) is 0 Å². The zero-order chi connectivity index (χ0) is 12.8. The van der Waals surface area contributed by atoms with Crippen molar-refractivity contribution in [1.29, 1.82) is 0 Å². The molecule has 0 aliphatic heterocycles. The summed E-state index contributed by atoms with van der Waals surface area (Å²) >= 11 is 5.00. The van der Waals surface area contributed by atoms with E-state index in [4.69, 9.17) is 21.7 Å². The maximum Gasteiger partial charge on any atom is 0.264 e. The standard InChI is InChI=1S/C12H15NO3S/c1-13(2)12(17)16-10-6-4-9(5-7-10)11(14)8-15-3/h4-7H,8H2,1-3H3. The second-order valence-corrected chi connectivity index (χ2v) is 3.99. The lowest BCUT2D eigenvalue weighted by molar-refractivity contribution is 0.0848. The molecule has 1 rings (SSSR count). The number of methoxy groups -OCH3 is 1. The Labute approximate surface area is 106 Å². The van der Waals surface area contributed by atoms with Crippen molar-refractivity contribution in [2.24, 2.45) is 0 Å². The first kappa shape index (κ1) is 13.6. The summed E-state index contributed by atoms with van der Waals surface area (Å²) in [4.78, 5) is 13.2. The molecule has 0 heterocycles. The number of benzene rings is 1. The first-order chi connectivity index (χ1) is 8.04. The Kier molecular flexibility index (Phi) is 5.06. The van der Waals surface area contributed by atoms with Crippen molar-refractivity contribution in [2.75, 3.05) is 27.8 Å². The molecule has 4 nitrogen and oxygen atoms in total. The highest BCUT2D eigenvalue weighted by molar-refractivity contribution is 7.80. The third-order valence-electron chi connectivity index (χ3n) is 2.02. The van der Waals surface area contributed by atoms with E-state index in [0.29, 0.717) is 16.5 Å². The van der Waals surface area contributed by atoms with Crippen molar-refractivity contribution < 1.29 is 14.3 Å². The lowest BCUT2D eigenvalue weighted by Crippen LogP contribution is -2.24. The van der Waals surface area contributed by atoms with Crippen LogP contribution in [0.5, 0.6) is 5.75 Å². The van der Waals surface area contributed by atoms with Crippen molar-refractivity contribution >= 4 is 23.2 Å². The smallest absolute Gasteiger partial charge is 0.264 e. The summed E-state index contributed by atoms with van der Waals surface area (Å²) in [5.74, 6) is 0.548. The first-order valence-corrected chi connectivity index (χ1v) is 5.46. The third kappa shape index (κ3) is 4.13. The molecule has 0 fully saturated rings. The van der Waals surface area contributed by atoms with Crippen LogP contribution < -0.4 is 4.74 Å². The number of hydrogen-bond donors (Lipinski definition) is 0. The largest absolute Gasteiger partial charge is 0.432 e. The number of ketones is 1. The summed E-state index contributed by atoms with van der Waals surface area (Å²) < 4.78 is 10.2. The fraction of sp³-hybridized carbons (Fsp3) is 0.333. The highest BCUT2D eigenvalue weighted by atomic mass is 32.1. The minimum Gasteiger partial charge on any atom is -0.432 e. The van der Waals surface area contributed by atoms with Gasteiger partial charge < -0.3 is 14.4 Å². The molecule has 1 aromatic rings. The normalized spacial score (nSPS) is 9.82. The van der Waals surface area contributed by atoms with Gasteiger partial charge >= 0.3 is 0 Å². The van der Waals surface area contributed by atoms with E-state index in [9.17, 15) is 4.79 Å². The summed E-state index contributed by atoms with van der Waals surface area (Å²) in [5.41, 5.74) is 0.593. The van der Waals surface area contributed by atoms with E-state index in [-0.39, 0.29) is 12.4 Å². The van der Waals surface area contributed by atoms with Crippen LogP contribution in [0.1, 0.15) is 10.4 Å². The van der Waals surface area contributed by atoms with Crippen molar-refractivity contribution in [3.05, 3.63) is 29.8 Å². The molecule has 5 heteroatoms. The Morgan fingerprint density at radius 2 is 1.88 bits per heavy atom. The SMILES string of the molecule is COCC(=O)c1ccc(OC(=S)N(C)C)cc1. The van der Waals surface area contributed by atoms with E-state index in [0.717, 1.165) is 0 Å². The van der Waals surface area contributed by atoms with Crippen molar-refractivity contribution in [3.63, 3.8) is 0 Å². The molecule has 0 bridgehead atoms. The molecule has 1 aromatic carbocycles. The molecule has 17 heavy (non-hydrogen) atoms. The fourth-order valence-corrected chi connectivity index (χ4v) is 1.21. The molecule has 0 spiro atoms. The van der Waals surface area contributed by atoms with Gasteiger partial charge in [-0.15, -0.1) is 0 Å². The van der Waals surface area contributed by atoms with Crippen LogP contribution in [0.2, 0.25) is 0 Å². The molecule has 92 valence electrons. The second kappa shape index (κ2) is 6.32. The Hall–Kier alpha value is -1.46. The molecule has 0 aliphatic carbocycles. The minimum absolute atomic E-state index is 0.0609. The first-order valence-electron chi connectivity index (χ1n) is 5.06. The highest BCUT2D eigenvalue weighted by Gasteiger charge is 2.06. The molecule has 0 N–H and O–H groups in total. The van der Waals surface area contributed by atoms with E-state index in [1.165, 1.54) is 7.11 Å². The number of carbonyl (C=O) groups is 1. The number of hydrogen-bond acceptors (Lipinski definition) is 4. The Morgan fingerprint density at radius 1 is 1.29 bits per heavy atom. The van der Waals surface area contributed by atoms with E-state index < -0.39 is 0 Å². The van der Waals surface area contributed by atoms with Gasteiger partial charge in [0, 0.05) is 26.8 Å². The molecule has 0 unspecified atom stereocenters. The van der Waals surface area contributed by atoms with Crippen LogP contribution in [0.3, 0.4) is 0 Å². The molecular weight excluding hydrogens is 238 g/mol. The average Bonchev–Trinajstić information content (AvgIpc) is 2.30. The lowest BCUT2D eigenvalue weighted by atomic mass is 10.1. The predicted molar refractivity (Wildman–Crippen MR) is 69.6 cm³/mol. The molecule has 0 aliphatic rings. The number of ether oxygens (including phenoxy) is 2. The Balaban J connectivity index is 2.68. The fourth-order valence-electron chi connectivity index (χ4n) is 1.12. The summed E-state index contributed by atoms with van der Waals surface area (Å²) in [7, 11) is 5.10. The van der Waals surface area contributed by atoms with Crippen LogP contribution in [0.15, 0.2) is 24.3 Å². The topological polar surface area (TPSA) is 38.8 Å². The van der Waals surface area contributed by atoms with Crippen LogP contribution in [0.4, 0.5) is 0 Å². The van der Waals surface area contributed by atoms with E-state index in [1.807, 2.05) is 0 Å². The molecule has 0 aromatic heterocycles. The molecule has 0 amide bonds. The van der Waals surface area contributed by atoms with E-state index >= 15 is 0 Å². The maximum atomic E-state index is 11.5. The van der Waals surface area contributed by atoms with Gasteiger partial charge in [0.15, 0.2) is 5.78 Å².